The molecule has 1 aliphatic carbocycles. The van der Waals surface area contributed by atoms with E-state index in [1.165, 1.54) is 10.7 Å². The van der Waals surface area contributed by atoms with Crippen LogP contribution < -0.4 is 11.1 Å². The van der Waals surface area contributed by atoms with Crippen LogP contribution in [0.1, 0.15) is 38.8 Å². The number of halogens is 1. The summed E-state index contributed by atoms with van der Waals surface area (Å²) < 4.78 is 15.5. The highest BCUT2D eigenvalue weighted by Gasteiger charge is 2.25. The van der Waals surface area contributed by atoms with Crippen molar-refractivity contribution in [1.82, 2.24) is 14.6 Å². The van der Waals surface area contributed by atoms with E-state index in [1.807, 2.05) is 26.0 Å². The normalized spacial score (nSPS) is 22.2. The van der Waals surface area contributed by atoms with Gasteiger partial charge in [0.25, 0.3) is 0 Å². The molecule has 0 saturated heterocycles. The first-order chi connectivity index (χ1) is 10.4. The zero-order chi connectivity index (χ0) is 15.9. The van der Waals surface area contributed by atoms with Gasteiger partial charge in [-0.3, -0.25) is 0 Å². The van der Waals surface area contributed by atoms with E-state index < -0.39 is 5.82 Å². The van der Waals surface area contributed by atoms with Gasteiger partial charge in [-0.25, -0.2) is 9.37 Å². The Morgan fingerprint density at radius 1 is 1.50 bits per heavy atom. The van der Waals surface area contributed by atoms with Crippen LogP contribution in [0.25, 0.3) is 5.65 Å². The van der Waals surface area contributed by atoms with Crippen LogP contribution in [0.2, 0.25) is 0 Å². The number of nitrogens with two attached hydrogens (primary N) is 1. The summed E-state index contributed by atoms with van der Waals surface area (Å²) in [6, 6.07) is 2.44. The zero-order valence-corrected chi connectivity index (χ0v) is 13.0. The van der Waals surface area contributed by atoms with Crippen molar-refractivity contribution in [2.45, 2.75) is 50.6 Å². The van der Waals surface area contributed by atoms with E-state index in [0.717, 1.165) is 30.8 Å². The molecule has 1 fully saturated rings. The molecule has 0 unspecified atom stereocenters. The van der Waals surface area contributed by atoms with Crippen molar-refractivity contribution < 1.29 is 4.39 Å². The summed E-state index contributed by atoms with van der Waals surface area (Å²) in [6.45, 7) is 7.85. The van der Waals surface area contributed by atoms with Crippen LogP contribution >= 0.6 is 0 Å². The van der Waals surface area contributed by atoms with Crippen molar-refractivity contribution >= 4 is 11.5 Å². The first-order valence-electron chi connectivity index (χ1n) is 7.61. The number of hydrogen-bond acceptors (Lipinski definition) is 4. The monoisotopic (exact) mass is 303 g/mol. The molecule has 118 valence electrons. The lowest BCUT2D eigenvalue weighted by molar-refractivity contribution is 0.622. The second kappa shape index (κ2) is 5.35. The predicted molar refractivity (Wildman–Crippen MR) is 85.4 cm³/mol. The molecule has 0 aromatic carbocycles. The van der Waals surface area contributed by atoms with E-state index >= 15 is 0 Å². The summed E-state index contributed by atoms with van der Waals surface area (Å²) in [5, 5.41) is 7.53. The summed E-state index contributed by atoms with van der Waals surface area (Å²) in [7, 11) is 0. The van der Waals surface area contributed by atoms with Crippen LogP contribution in [-0.2, 0) is 5.41 Å². The first kappa shape index (κ1) is 15.0. The molecule has 1 saturated carbocycles. The molecular formula is C16H22FN5. The first-order valence-corrected chi connectivity index (χ1v) is 7.61. The van der Waals surface area contributed by atoms with Crippen LogP contribution in [0.3, 0.4) is 0 Å². The number of nitrogens with zero attached hydrogens (tertiary/aromatic N) is 3. The van der Waals surface area contributed by atoms with Gasteiger partial charge in [-0.2, -0.15) is 9.61 Å². The number of allylic oxidation sites excluding steroid dienone is 1. The van der Waals surface area contributed by atoms with Crippen LogP contribution in [-0.4, -0.2) is 26.7 Å². The van der Waals surface area contributed by atoms with Crippen molar-refractivity contribution in [3.05, 3.63) is 36.4 Å². The Morgan fingerprint density at radius 2 is 2.27 bits per heavy atom. The summed E-state index contributed by atoms with van der Waals surface area (Å²) >= 11 is 0. The smallest absolute Gasteiger partial charge is 0.193 e. The Bertz CT molecular complexity index is 706. The van der Waals surface area contributed by atoms with E-state index in [-0.39, 0.29) is 23.1 Å². The Balaban J connectivity index is 2.05. The molecule has 3 N–H and O–H groups in total. The Hall–Kier alpha value is -1.95. The van der Waals surface area contributed by atoms with Crippen molar-refractivity contribution in [2.75, 3.05) is 5.32 Å². The summed E-state index contributed by atoms with van der Waals surface area (Å²) in [6.07, 6.45) is 5.93. The highest BCUT2D eigenvalue weighted by molar-refractivity contribution is 5.52. The zero-order valence-electron chi connectivity index (χ0n) is 13.0. The molecule has 1 aliphatic rings. The number of nitrogens with one attached hydrogen (secondary N) is 1. The molecule has 2 heterocycles. The van der Waals surface area contributed by atoms with Crippen molar-refractivity contribution in [3.63, 3.8) is 0 Å². The molecule has 0 bridgehead atoms. The van der Waals surface area contributed by atoms with Gasteiger partial charge in [-0.15, -0.1) is 6.58 Å². The topological polar surface area (TPSA) is 68.2 Å². The predicted octanol–water partition coefficient (Wildman–Crippen LogP) is 2.62. The number of hydrogen-bond donors (Lipinski definition) is 2. The second-order valence-electron chi connectivity index (χ2n) is 6.59. The third-order valence-electron chi connectivity index (χ3n) is 4.42. The molecular weight excluding hydrogens is 281 g/mol. The maximum atomic E-state index is 14.0. The highest BCUT2D eigenvalue weighted by Crippen LogP contribution is 2.28. The lowest BCUT2D eigenvalue weighted by Gasteiger charge is -2.22. The highest BCUT2D eigenvalue weighted by atomic mass is 19.1. The van der Waals surface area contributed by atoms with Crippen molar-refractivity contribution in [3.8, 4) is 0 Å². The average Bonchev–Trinajstić information content (AvgIpc) is 3.06. The quantitative estimate of drug-likeness (QED) is 0.852. The number of rotatable bonds is 4. The molecule has 3 rings (SSSR count). The third kappa shape index (κ3) is 2.59. The third-order valence-corrected chi connectivity index (χ3v) is 4.42. The van der Waals surface area contributed by atoms with Gasteiger partial charge >= 0.3 is 0 Å². The minimum atomic E-state index is -0.423. The molecule has 2 aromatic heterocycles. The van der Waals surface area contributed by atoms with E-state index in [0.29, 0.717) is 0 Å². The Morgan fingerprint density at radius 3 is 2.91 bits per heavy atom. The standard InChI is InChI=1S/C16H22FN5/c1-4-16(2,3)13-8-14(20-11-6-5-10(18)7-11)22-15(21-13)12(17)9-19-22/h4,8-11,20H,1,5-7,18H2,2-3H3/t10-,11-/m0/s1. The fourth-order valence-corrected chi connectivity index (χ4v) is 2.83. The van der Waals surface area contributed by atoms with Gasteiger partial charge in [0, 0.05) is 23.6 Å². The minimum Gasteiger partial charge on any atom is -0.367 e. The largest absolute Gasteiger partial charge is 0.367 e. The fraction of sp³-hybridized carbons (Fsp3) is 0.500. The van der Waals surface area contributed by atoms with Crippen LogP contribution in [0.4, 0.5) is 10.2 Å². The molecule has 0 spiro atoms. The van der Waals surface area contributed by atoms with Crippen molar-refractivity contribution in [2.24, 2.45) is 5.73 Å². The SMILES string of the molecule is C=CC(C)(C)c1cc(N[C@H]2CC[C@H](N)C2)n2ncc(F)c2n1. The van der Waals surface area contributed by atoms with Gasteiger partial charge in [0.1, 0.15) is 5.82 Å². The molecule has 22 heavy (non-hydrogen) atoms. The number of aromatic nitrogens is 3. The molecule has 0 amide bonds. The Labute approximate surface area is 129 Å². The van der Waals surface area contributed by atoms with Gasteiger partial charge in [-0.05, 0) is 19.3 Å². The molecule has 0 radical (unpaired) electrons. The Kier molecular flexibility index (Phi) is 3.64. The number of anilines is 1. The molecule has 2 atom stereocenters. The van der Waals surface area contributed by atoms with Crippen LogP contribution in [0, 0.1) is 5.82 Å². The van der Waals surface area contributed by atoms with E-state index in [1.54, 1.807) is 0 Å². The van der Waals surface area contributed by atoms with Gasteiger partial charge in [0.15, 0.2) is 11.5 Å². The van der Waals surface area contributed by atoms with Crippen LogP contribution in [0.5, 0.6) is 0 Å². The summed E-state index contributed by atoms with van der Waals surface area (Å²) in [4.78, 5) is 4.42. The van der Waals surface area contributed by atoms with Gasteiger partial charge < -0.3 is 11.1 Å². The fourth-order valence-electron chi connectivity index (χ4n) is 2.83. The molecule has 6 heteroatoms. The molecule has 5 nitrogen and oxygen atoms in total. The number of fused-ring (bicyclic) bond motifs is 1. The second-order valence-corrected chi connectivity index (χ2v) is 6.59. The molecule has 2 aromatic rings. The maximum absolute atomic E-state index is 14.0. The van der Waals surface area contributed by atoms with Crippen LogP contribution in [0.15, 0.2) is 24.9 Å². The van der Waals surface area contributed by atoms with Gasteiger partial charge in [0.05, 0.1) is 11.9 Å². The lowest BCUT2D eigenvalue weighted by Crippen LogP contribution is -2.23. The summed E-state index contributed by atoms with van der Waals surface area (Å²) in [5.41, 5.74) is 6.62. The van der Waals surface area contributed by atoms with E-state index in [9.17, 15) is 4.39 Å². The van der Waals surface area contributed by atoms with Crippen molar-refractivity contribution in [1.29, 1.82) is 0 Å². The molecule has 0 aliphatic heterocycles. The van der Waals surface area contributed by atoms with Gasteiger partial charge in [0.2, 0.25) is 0 Å². The summed E-state index contributed by atoms with van der Waals surface area (Å²) in [5.74, 6) is 0.325. The van der Waals surface area contributed by atoms with Gasteiger partial charge in [-0.1, -0.05) is 19.9 Å². The van der Waals surface area contributed by atoms with E-state index in [2.05, 4.69) is 22.0 Å². The maximum Gasteiger partial charge on any atom is 0.193 e. The minimum absolute atomic E-state index is 0.230. The average molecular weight is 303 g/mol. The lowest BCUT2D eigenvalue weighted by atomic mass is 9.89. The van der Waals surface area contributed by atoms with E-state index in [4.69, 9.17) is 5.73 Å².